The fraction of sp³-hybridized carbons (Fsp3) is 0.348. The molecule has 1 N–H and O–H groups in total. The molecule has 6 nitrogen and oxygen atoms in total. The van der Waals surface area contributed by atoms with Crippen LogP contribution in [-0.2, 0) is 4.79 Å². The maximum absolute atomic E-state index is 12.4. The molecule has 0 fully saturated rings. The number of carbonyl (C=O) groups is 1. The molecule has 1 amide bonds. The minimum atomic E-state index is -0.646. The van der Waals surface area contributed by atoms with Gasteiger partial charge in [0.05, 0.1) is 17.2 Å². The lowest BCUT2D eigenvalue weighted by molar-refractivity contribution is -0.122. The number of anilines is 1. The molecule has 1 aromatic heterocycles. The molecule has 0 aliphatic heterocycles. The van der Waals surface area contributed by atoms with Crippen LogP contribution < -0.4 is 10.1 Å². The molecular formula is C23H27ClN4O2. The highest BCUT2D eigenvalue weighted by Crippen LogP contribution is 2.27. The summed E-state index contributed by atoms with van der Waals surface area (Å²) in [4.78, 5) is 17.0. The Morgan fingerprint density at radius 3 is 2.43 bits per heavy atom. The molecule has 0 radical (unpaired) electrons. The summed E-state index contributed by atoms with van der Waals surface area (Å²) in [6, 6.07) is 15.8. The fourth-order valence-corrected chi connectivity index (χ4v) is 2.90. The van der Waals surface area contributed by atoms with Crippen molar-refractivity contribution in [2.45, 2.75) is 40.7 Å². The van der Waals surface area contributed by atoms with Crippen molar-refractivity contribution in [3.63, 3.8) is 0 Å². The standard InChI is InChI=1S/C23H27ClN4O2/c1-15(2)30-22-26-20(19-9-7-6-8-16(19)3)28(27-22)18-12-10-17(11-13-18)25-21(29)23(4,5)14-24/h6-13,15H,14H2,1-5H3,(H,25,29). The molecule has 0 saturated carbocycles. The van der Waals surface area contributed by atoms with Gasteiger partial charge in [0, 0.05) is 17.1 Å². The number of hydrogen-bond acceptors (Lipinski definition) is 4. The third-order valence-electron chi connectivity index (χ3n) is 4.63. The highest BCUT2D eigenvalue weighted by Gasteiger charge is 2.26. The molecule has 2 aromatic carbocycles. The van der Waals surface area contributed by atoms with Crippen molar-refractivity contribution in [3.8, 4) is 23.1 Å². The van der Waals surface area contributed by atoms with Gasteiger partial charge in [-0.05, 0) is 64.4 Å². The molecule has 0 unspecified atom stereocenters. The zero-order valence-corrected chi connectivity index (χ0v) is 18.7. The van der Waals surface area contributed by atoms with Crippen molar-refractivity contribution in [1.82, 2.24) is 14.8 Å². The fourth-order valence-electron chi connectivity index (χ4n) is 2.78. The molecule has 0 bridgehead atoms. The number of ether oxygens (including phenoxy) is 1. The molecule has 3 aromatic rings. The third-order valence-corrected chi connectivity index (χ3v) is 5.30. The number of rotatable bonds is 7. The Balaban J connectivity index is 1.96. The first kappa shape index (κ1) is 21.8. The number of alkyl halides is 1. The van der Waals surface area contributed by atoms with Crippen molar-refractivity contribution in [1.29, 1.82) is 0 Å². The topological polar surface area (TPSA) is 69.0 Å². The Morgan fingerprint density at radius 1 is 1.17 bits per heavy atom. The molecule has 158 valence electrons. The lowest BCUT2D eigenvalue weighted by Crippen LogP contribution is -2.32. The van der Waals surface area contributed by atoms with Gasteiger partial charge < -0.3 is 10.1 Å². The van der Waals surface area contributed by atoms with Crippen LogP contribution in [0.15, 0.2) is 48.5 Å². The van der Waals surface area contributed by atoms with Crippen LogP contribution >= 0.6 is 11.6 Å². The predicted octanol–water partition coefficient (Wildman–Crippen LogP) is 5.23. The average Bonchev–Trinajstić information content (AvgIpc) is 3.11. The molecule has 0 aliphatic carbocycles. The van der Waals surface area contributed by atoms with Crippen LogP contribution in [0.4, 0.5) is 5.69 Å². The number of nitrogens with zero attached hydrogens (tertiary/aromatic N) is 3. The first-order chi connectivity index (χ1) is 14.2. The van der Waals surface area contributed by atoms with Crippen LogP contribution in [-0.4, -0.2) is 32.7 Å². The summed E-state index contributed by atoms with van der Waals surface area (Å²) in [7, 11) is 0. The predicted molar refractivity (Wildman–Crippen MR) is 120 cm³/mol. The van der Waals surface area contributed by atoms with Crippen molar-refractivity contribution >= 4 is 23.2 Å². The molecule has 0 spiro atoms. The van der Waals surface area contributed by atoms with Gasteiger partial charge in [-0.2, -0.15) is 4.98 Å². The quantitative estimate of drug-likeness (QED) is 0.525. The molecule has 30 heavy (non-hydrogen) atoms. The second kappa shape index (κ2) is 8.88. The smallest absolute Gasteiger partial charge is 0.336 e. The monoisotopic (exact) mass is 426 g/mol. The van der Waals surface area contributed by atoms with E-state index < -0.39 is 5.41 Å². The van der Waals surface area contributed by atoms with E-state index in [4.69, 9.17) is 16.3 Å². The van der Waals surface area contributed by atoms with Crippen LogP contribution in [0.3, 0.4) is 0 Å². The van der Waals surface area contributed by atoms with Crippen LogP contribution in [0.2, 0.25) is 0 Å². The highest BCUT2D eigenvalue weighted by molar-refractivity contribution is 6.20. The van der Waals surface area contributed by atoms with Crippen molar-refractivity contribution in [3.05, 3.63) is 54.1 Å². The van der Waals surface area contributed by atoms with Crippen LogP contribution in [0.1, 0.15) is 33.3 Å². The Kier molecular flexibility index (Phi) is 6.46. The molecule has 0 atom stereocenters. The summed E-state index contributed by atoms with van der Waals surface area (Å²) in [6.07, 6.45) is -0.0338. The summed E-state index contributed by atoms with van der Waals surface area (Å²) in [5, 5.41) is 7.46. The second-order valence-corrected chi connectivity index (χ2v) is 8.40. The van der Waals surface area contributed by atoms with Gasteiger partial charge in [-0.25, -0.2) is 4.68 Å². The van der Waals surface area contributed by atoms with Crippen LogP contribution in [0.5, 0.6) is 6.01 Å². The maximum atomic E-state index is 12.4. The summed E-state index contributed by atoms with van der Waals surface area (Å²) in [6.45, 7) is 9.53. The third kappa shape index (κ3) is 4.82. The van der Waals surface area contributed by atoms with Crippen LogP contribution in [0, 0.1) is 12.3 Å². The van der Waals surface area contributed by atoms with E-state index in [2.05, 4.69) is 15.4 Å². The SMILES string of the molecule is Cc1ccccc1-c1nc(OC(C)C)nn1-c1ccc(NC(=O)C(C)(C)CCl)cc1. The molecule has 0 aliphatic rings. The van der Waals surface area contributed by atoms with Gasteiger partial charge in [0.2, 0.25) is 5.91 Å². The average molecular weight is 427 g/mol. The van der Waals surface area contributed by atoms with E-state index in [9.17, 15) is 4.79 Å². The highest BCUT2D eigenvalue weighted by atomic mass is 35.5. The van der Waals surface area contributed by atoms with Gasteiger partial charge >= 0.3 is 6.01 Å². The van der Waals surface area contributed by atoms with E-state index in [1.54, 1.807) is 4.68 Å². The Bertz CT molecular complexity index is 1030. The summed E-state index contributed by atoms with van der Waals surface area (Å²) < 4.78 is 7.49. The summed E-state index contributed by atoms with van der Waals surface area (Å²) in [5.74, 6) is 0.817. The van der Waals surface area contributed by atoms with Gasteiger partial charge in [0.1, 0.15) is 0 Å². The van der Waals surface area contributed by atoms with E-state index in [0.29, 0.717) is 17.5 Å². The van der Waals surface area contributed by atoms with Crippen molar-refractivity contribution in [2.24, 2.45) is 5.41 Å². The van der Waals surface area contributed by atoms with Gasteiger partial charge in [0.25, 0.3) is 0 Å². The van der Waals surface area contributed by atoms with Crippen molar-refractivity contribution < 1.29 is 9.53 Å². The molecular weight excluding hydrogens is 400 g/mol. The first-order valence-electron chi connectivity index (χ1n) is 9.89. The number of hydrogen-bond donors (Lipinski definition) is 1. The summed E-state index contributed by atoms with van der Waals surface area (Å²) >= 11 is 5.89. The number of aromatic nitrogens is 3. The van der Waals surface area contributed by atoms with Gasteiger partial charge in [-0.15, -0.1) is 16.7 Å². The zero-order valence-electron chi connectivity index (χ0n) is 17.9. The number of benzene rings is 2. The summed E-state index contributed by atoms with van der Waals surface area (Å²) in [5.41, 5.74) is 2.93. The minimum Gasteiger partial charge on any atom is -0.460 e. The Hall–Kier alpha value is -2.86. The molecule has 3 rings (SSSR count). The number of nitrogens with one attached hydrogen (secondary N) is 1. The first-order valence-corrected chi connectivity index (χ1v) is 10.4. The molecule has 7 heteroatoms. The van der Waals surface area contributed by atoms with Gasteiger partial charge in [0.15, 0.2) is 5.82 Å². The van der Waals surface area contributed by atoms with E-state index in [1.165, 1.54) is 0 Å². The Labute approximate surface area is 182 Å². The number of amides is 1. The minimum absolute atomic E-state index is 0.0338. The van der Waals surface area contributed by atoms with E-state index in [0.717, 1.165) is 16.8 Å². The lowest BCUT2D eigenvalue weighted by atomic mass is 9.95. The molecule has 0 saturated heterocycles. The maximum Gasteiger partial charge on any atom is 0.336 e. The van der Waals surface area contributed by atoms with Crippen LogP contribution in [0.25, 0.3) is 17.1 Å². The van der Waals surface area contributed by atoms with Gasteiger partial charge in [-0.1, -0.05) is 24.3 Å². The largest absolute Gasteiger partial charge is 0.460 e. The number of halogens is 1. The second-order valence-electron chi connectivity index (χ2n) is 8.13. The molecule has 1 heterocycles. The zero-order chi connectivity index (χ0) is 21.9. The normalized spacial score (nSPS) is 11.6. The van der Waals surface area contributed by atoms with E-state index >= 15 is 0 Å². The number of carbonyl (C=O) groups excluding carboxylic acids is 1. The van der Waals surface area contributed by atoms with E-state index in [1.807, 2.05) is 83.1 Å². The Morgan fingerprint density at radius 2 is 1.83 bits per heavy atom. The lowest BCUT2D eigenvalue weighted by Gasteiger charge is -2.20. The van der Waals surface area contributed by atoms with E-state index in [-0.39, 0.29) is 17.9 Å². The number of aryl methyl sites for hydroxylation is 1. The van der Waals surface area contributed by atoms with Gasteiger partial charge in [-0.3, -0.25) is 4.79 Å². The van der Waals surface area contributed by atoms with Crippen molar-refractivity contribution in [2.75, 3.05) is 11.2 Å².